The molecule has 0 radical (unpaired) electrons. The monoisotopic (exact) mass is 364 g/mol. The molecule has 5 heteroatoms. The molecule has 3 rings (SSSR count). The predicted molar refractivity (Wildman–Crippen MR) is 104 cm³/mol. The second kappa shape index (κ2) is 8.16. The molecule has 1 aliphatic heterocycles. The van der Waals surface area contributed by atoms with E-state index in [0.717, 1.165) is 30.4 Å². The summed E-state index contributed by atoms with van der Waals surface area (Å²) in [5.74, 6) is -1.32. The van der Waals surface area contributed by atoms with Crippen molar-refractivity contribution in [2.45, 2.75) is 39.2 Å². The Morgan fingerprint density at radius 3 is 2.33 bits per heavy atom. The Hall–Kier alpha value is -2.95. The lowest BCUT2D eigenvalue weighted by Gasteiger charge is -2.25. The van der Waals surface area contributed by atoms with Crippen LogP contribution in [0.4, 0.5) is 0 Å². The van der Waals surface area contributed by atoms with Crippen LogP contribution < -0.4 is 0 Å². The maximum absolute atomic E-state index is 12.8. The highest BCUT2D eigenvalue weighted by atomic mass is 16.3. The van der Waals surface area contributed by atoms with Crippen molar-refractivity contribution in [3.63, 3.8) is 0 Å². The number of aliphatic hydroxyl groups excluding tert-OH is 1. The first-order chi connectivity index (χ1) is 13.1. The Labute approximate surface area is 159 Å². The summed E-state index contributed by atoms with van der Waals surface area (Å²) in [6.45, 7) is 4.56. The minimum Gasteiger partial charge on any atom is -0.507 e. The van der Waals surface area contributed by atoms with Gasteiger partial charge in [-0.3, -0.25) is 14.6 Å². The van der Waals surface area contributed by atoms with Crippen molar-refractivity contribution in [2.24, 2.45) is 0 Å². The summed E-state index contributed by atoms with van der Waals surface area (Å²) in [7, 11) is 0. The van der Waals surface area contributed by atoms with Gasteiger partial charge in [0.2, 0.25) is 0 Å². The number of nitrogens with zero attached hydrogens (tertiary/aromatic N) is 2. The van der Waals surface area contributed by atoms with Gasteiger partial charge in [0.25, 0.3) is 11.7 Å². The molecule has 2 heterocycles. The van der Waals surface area contributed by atoms with Crippen LogP contribution >= 0.6 is 0 Å². The summed E-state index contributed by atoms with van der Waals surface area (Å²) >= 11 is 0. The molecule has 1 unspecified atom stereocenters. The smallest absolute Gasteiger partial charge is 0.295 e. The quantitative estimate of drug-likeness (QED) is 0.480. The summed E-state index contributed by atoms with van der Waals surface area (Å²) in [6, 6.07) is 10.4. The van der Waals surface area contributed by atoms with Crippen molar-refractivity contribution in [2.75, 3.05) is 6.54 Å². The molecule has 0 aliphatic carbocycles. The largest absolute Gasteiger partial charge is 0.507 e. The van der Waals surface area contributed by atoms with Gasteiger partial charge in [-0.2, -0.15) is 0 Å². The van der Waals surface area contributed by atoms with Crippen molar-refractivity contribution in [1.82, 2.24) is 9.88 Å². The molecule has 0 saturated carbocycles. The fourth-order valence-corrected chi connectivity index (χ4v) is 3.39. The number of ketones is 1. The number of benzene rings is 1. The highest BCUT2D eigenvalue weighted by molar-refractivity contribution is 6.46. The summed E-state index contributed by atoms with van der Waals surface area (Å²) in [6.07, 6.45) is 5.85. The fourth-order valence-electron chi connectivity index (χ4n) is 3.39. The second-order valence-corrected chi connectivity index (χ2v) is 6.68. The minimum atomic E-state index is -0.634. The van der Waals surface area contributed by atoms with Gasteiger partial charge in [0.15, 0.2) is 0 Å². The Morgan fingerprint density at radius 1 is 1.07 bits per heavy atom. The molecule has 1 aromatic heterocycles. The summed E-state index contributed by atoms with van der Waals surface area (Å²) in [4.78, 5) is 31.0. The fraction of sp³-hybridized carbons (Fsp3) is 0.318. The molecule has 1 aromatic carbocycles. The van der Waals surface area contributed by atoms with Crippen LogP contribution in [-0.4, -0.2) is 33.2 Å². The number of unbranched alkanes of at least 4 members (excludes halogenated alkanes) is 1. The van der Waals surface area contributed by atoms with Crippen LogP contribution in [0, 0.1) is 0 Å². The Bertz CT molecular complexity index is 857. The van der Waals surface area contributed by atoms with Crippen LogP contribution in [0.1, 0.15) is 49.4 Å². The molecule has 1 amide bonds. The molecular formula is C22H24N2O3. The van der Waals surface area contributed by atoms with Gasteiger partial charge in [0.05, 0.1) is 11.6 Å². The number of pyridine rings is 1. The third-order valence-corrected chi connectivity index (χ3v) is 4.95. The van der Waals surface area contributed by atoms with Crippen LogP contribution in [0.2, 0.25) is 0 Å². The molecule has 1 N–H and O–H groups in total. The number of Topliss-reactive ketones (excluding diaryl/α,β-unsaturated/α-hetero) is 1. The van der Waals surface area contributed by atoms with Gasteiger partial charge < -0.3 is 10.0 Å². The third-order valence-electron chi connectivity index (χ3n) is 4.95. The number of rotatable bonds is 6. The minimum absolute atomic E-state index is 0.128. The van der Waals surface area contributed by atoms with Crippen molar-refractivity contribution in [3.8, 4) is 0 Å². The zero-order valence-electron chi connectivity index (χ0n) is 15.7. The van der Waals surface area contributed by atoms with E-state index in [4.69, 9.17) is 0 Å². The number of aliphatic hydroxyl groups is 1. The first-order valence-corrected chi connectivity index (χ1v) is 9.36. The molecule has 1 fully saturated rings. The van der Waals surface area contributed by atoms with E-state index < -0.39 is 17.7 Å². The lowest BCUT2D eigenvalue weighted by Crippen LogP contribution is -2.30. The topological polar surface area (TPSA) is 70.5 Å². The van der Waals surface area contributed by atoms with E-state index in [9.17, 15) is 14.7 Å². The molecule has 0 spiro atoms. The normalized spacial score (nSPS) is 18.9. The number of carbonyl (C=O) groups excluding carboxylic acids is 2. The van der Waals surface area contributed by atoms with E-state index in [0.29, 0.717) is 12.1 Å². The standard InChI is InChI=1S/C22H24N2O3/c1-3-5-14-24-19(16-10-12-23-13-11-16)18(21(26)22(24)27)20(25)17-8-6-15(4-2)7-9-17/h6-13,19,25H,3-5,14H2,1-2H3/b20-18-. The maximum Gasteiger partial charge on any atom is 0.295 e. The Balaban J connectivity index is 2.11. The summed E-state index contributed by atoms with van der Waals surface area (Å²) in [5.41, 5.74) is 2.60. The highest BCUT2D eigenvalue weighted by Gasteiger charge is 2.45. The molecule has 27 heavy (non-hydrogen) atoms. The van der Waals surface area contributed by atoms with Crippen LogP contribution in [0.25, 0.3) is 5.76 Å². The molecule has 0 bridgehead atoms. The first kappa shape index (κ1) is 18.8. The molecule has 2 aromatic rings. The van der Waals surface area contributed by atoms with Gasteiger partial charge >= 0.3 is 0 Å². The van der Waals surface area contributed by atoms with Gasteiger partial charge in [0, 0.05) is 24.5 Å². The molecule has 5 nitrogen and oxygen atoms in total. The van der Waals surface area contributed by atoms with E-state index in [2.05, 4.69) is 11.9 Å². The average molecular weight is 364 g/mol. The van der Waals surface area contributed by atoms with Crippen molar-refractivity contribution < 1.29 is 14.7 Å². The molecule has 1 aliphatic rings. The molecule has 1 atom stereocenters. The number of aryl methyl sites for hydroxylation is 1. The van der Waals surface area contributed by atoms with Crippen molar-refractivity contribution >= 4 is 17.4 Å². The van der Waals surface area contributed by atoms with Crippen LogP contribution in [-0.2, 0) is 16.0 Å². The summed E-state index contributed by atoms with van der Waals surface area (Å²) < 4.78 is 0. The second-order valence-electron chi connectivity index (χ2n) is 6.68. The van der Waals surface area contributed by atoms with Gasteiger partial charge in [-0.15, -0.1) is 0 Å². The SMILES string of the molecule is CCCCN1C(=O)C(=O)/C(=C(\O)c2ccc(CC)cc2)C1c1ccncc1. The van der Waals surface area contributed by atoms with Crippen LogP contribution in [0.5, 0.6) is 0 Å². The number of likely N-dealkylation sites (tertiary alicyclic amines) is 1. The number of hydrogen-bond donors (Lipinski definition) is 1. The average Bonchev–Trinajstić information content (AvgIpc) is 2.97. The Morgan fingerprint density at radius 2 is 1.74 bits per heavy atom. The van der Waals surface area contributed by atoms with Crippen molar-refractivity contribution in [3.05, 3.63) is 71.1 Å². The van der Waals surface area contributed by atoms with E-state index in [1.54, 1.807) is 41.6 Å². The lowest BCUT2D eigenvalue weighted by molar-refractivity contribution is -0.139. The predicted octanol–water partition coefficient (Wildman–Crippen LogP) is 3.87. The van der Waals surface area contributed by atoms with Gasteiger partial charge in [0.1, 0.15) is 5.76 Å². The number of amides is 1. The van der Waals surface area contributed by atoms with Crippen molar-refractivity contribution in [1.29, 1.82) is 0 Å². The van der Waals surface area contributed by atoms with E-state index in [-0.39, 0.29) is 11.3 Å². The van der Waals surface area contributed by atoms with Gasteiger partial charge in [-0.25, -0.2) is 0 Å². The van der Waals surface area contributed by atoms with E-state index in [1.165, 1.54) is 0 Å². The van der Waals surface area contributed by atoms with E-state index >= 15 is 0 Å². The lowest BCUT2D eigenvalue weighted by atomic mass is 9.95. The first-order valence-electron chi connectivity index (χ1n) is 9.36. The number of aromatic nitrogens is 1. The zero-order chi connectivity index (χ0) is 19.4. The Kier molecular flexibility index (Phi) is 5.69. The van der Waals surface area contributed by atoms with Crippen LogP contribution in [0.3, 0.4) is 0 Å². The highest BCUT2D eigenvalue weighted by Crippen LogP contribution is 2.39. The van der Waals surface area contributed by atoms with Gasteiger partial charge in [-0.1, -0.05) is 44.5 Å². The van der Waals surface area contributed by atoms with Crippen LogP contribution in [0.15, 0.2) is 54.4 Å². The zero-order valence-corrected chi connectivity index (χ0v) is 15.7. The summed E-state index contributed by atoms with van der Waals surface area (Å²) in [5, 5.41) is 10.9. The van der Waals surface area contributed by atoms with E-state index in [1.807, 2.05) is 19.1 Å². The molecule has 1 saturated heterocycles. The number of hydrogen-bond acceptors (Lipinski definition) is 4. The third kappa shape index (κ3) is 3.63. The maximum atomic E-state index is 12.8. The molecular weight excluding hydrogens is 340 g/mol. The number of carbonyl (C=O) groups is 2. The molecule has 140 valence electrons. The van der Waals surface area contributed by atoms with Gasteiger partial charge in [-0.05, 0) is 36.1 Å².